The van der Waals surface area contributed by atoms with Crippen molar-refractivity contribution in [2.24, 2.45) is 7.05 Å². The first-order valence-electron chi connectivity index (χ1n) is 10.3. The molecular weight excluding hydrogens is 508 g/mol. The molecule has 0 saturated carbocycles. The molecule has 1 saturated heterocycles. The number of halogens is 1. The maximum absolute atomic E-state index is 12.8. The fourth-order valence-electron chi connectivity index (χ4n) is 4.17. The van der Waals surface area contributed by atoms with Crippen LogP contribution < -0.4 is 15.2 Å². The van der Waals surface area contributed by atoms with Gasteiger partial charge in [-0.05, 0) is 39.2 Å². The lowest BCUT2D eigenvalue weighted by atomic mass is 10.1. The number of anilines is 1. The van der Waals surface area contributed by atoms with Crippen molar-refractivity contribution in [2.75, 3.05) is 31.1 Å². The highest BCUT2D eigenvalue weighted by Crippen LogP contribution is 2.29. The molecule has 4 rings (SSSR count). The van der Waals surface area contributed by atoms with Crippen LogP contribution in [0.3, 0.4) is 0 Å². The van der Waals surface area contributed by atoms with E-state index in [1.54, 1.807) is 13.1 Å². The Bertz CT molecular complexity index is 1310. The van der Waals surface area contributed by atoms with Crippen molar-refractivity contribution >= 4 is 43.9 Å². The molecule has 0 radical (unpaired) electrons. The Kier molecular flexibility index (Phi) is 7.21. The van der Waals surface area contributed by atoms with Crippen LogP contribution in [0.25, 0.3) is 11.0 Å². The van der Waals surface area contributed by atoms with E-state index in [0.717, 1.165) is 24.2 Å². The maximum Gasteiger partial charge on any atom is 0.270 e. The minimum atomic E-state index is -2.31. The maximum atomic E-state index is 12.8. The summed E-state index contributed by atoms with van der Waals surface area (Å²) in [6.45, 7) is 3.66. The van der Waals surface area contributed by atoms with E-state index in [1.165, 1.54) is 4.57 Å². The Hall–Kier alpha value is -2.62. The third-order valence-corrected chi connectivity index (χ3v) is 6.70. The highest BCUT2D eigenvalue weighted by atomic mass is 79.9. The summed E-state index contributed by atoms with van der Waals surface area (Å²) in [5.74, 6) is 0. The largest absolute Gasteiger partial charge is 0.760 e. The molecule has 0 aliphatic carbocycles. The first-order chi connectivity index (χ1) is 15.9. The van der Waals surface area contributed by atoms with Gasteiger partial charge in [0.1, 0.15) is 21.8 Å². The van der Waals surface area contributed by atoms with Gasteiger partial charge in [0.05, 0.1) is 11.2 Å². The lowest BCUT2D eigenvalue weighted by Crippen LogP contribution is -2.47. The van der Waals surface area contributed by atoms with Gasteiger partial charge in [-0.25, -0.2) is 9.71 Å². The van der Waals surface area contributed by atoms with Crippen LogP contribution in [0.5, 0.6) is 0 Å². The summed E-state index contributed by atoms with van der Waals surface area (Å²) < 4.78 is 26.3. The highest BCUT2D eigenvalue weighted by Gasteiger charge is 2.25. The van der Waals surface area contributed by atoms with Gasteiger partial charge in [-0.1, -0.05) is 24.3 Å². The number of aromatic nitrogens is 2. The second-order valence-corrected chi connectivity index (χ2v) is 9.36. The number of aryl methyl sites for hydroxylation is 1. The predicted octanol–water partition coefficient (Wildman–Crippen LogP) is 1.77. The average molecular weight is 530 g/mol. The molecule has 0 amide bonds. The molecule has 1 unspecified atom stereocenters. The number of nitrogens with zero attached hydrogens (tertiary/aromatic N) is 5. The van der Waals surface area contributed by atoms with Crippen LogP contribution in [0, 0.1) is 11.3 Å². The normalized spacial score (nSPS) is 15.5. The van der Waals surface area contributed by atoms with E-state index in [1.807, 2.05) is 30.3 Å². The fraction of sp³-hybridized carbons (Fsp3) is 0.318. The Morgan fingerprint density at radius 1 is 1.18 bits per heavy atom. The van der Waals surface area contributed by atoms with E-state index < -0.39 is 11.3 Å². The van der Waals surface area contributed by atoms with Crippen LogP contribution >= 0.6 is 15.9 Å². The van der Waals surface area contributed by atoms with Crippen molar-refractivity contribution in [2.45, 2.75) is 13.1 Å². The van der Waals surface area contributed by atoms with Gasteiger partial charge in [0.25, 0.3) is 5.56 Å². The fourth-order valence-corrected chi connectivity index (χ4v) is 4.75. The van der Waals surface area contributed by atoms with E-state index in [2.05, 4.69) is 41.5 Å². The summed E-state index contributed by atoms with van der Waals surface area (Å²) in [5.41, 5.74) is 3.65. The molecule has 2 aromatic heterocycles. The van der Waals surface area contributed by atoms with Crippen molar-refractivity contribution in [1.29, 1.82) is 5.26 Å². The topological polar surface area (TPSA) is 117 Å². The van der Waals surface area contributed by atoms with Crippen molar-refractivity contribution < 1.29 is 8.76 Å². The molecule has 3 aromatic rings. The van der Waals surface area contributed by atoms with Gasteiger partial charge in [0, 0.05) is 57.6 Å². The van der Waals surface area contributed by atoms with E-state index in [4.69, 9.17) is 0 Å². The number of hydrogen-bond acceptors (Lipinski definition) is 7. The van der Waals surface area contributed by atoms with E-state index in [-0.39, 0.29) is 17.7 Å². The van der Waals surface area contributed by atoms with Crippen LogP contribution in [0.2, 0.25) is 0 Å². The molecule has 1 aromatic carbocycles. The quantitative estimate of drug-likeness (QED) is 0.381. The minimum absolute atomic E-state index is 0.103. The van der Waals surface area contributed by atoms with Crippen molar-refractivity contribution in [1.82, 2.24) is 19.2 Å². The number of pyridine rings is 2. The lowest BCUT2D eigenvalue weighted by molar-refractivity contribution is 0.249. The zero-order valence-electron chi connectivity index (χ0n) is 18.0. The second-order valence-electron chi connectivity index (χ2n) is 7.79. The first kappa shape index (κ1) is 23.5. The zero-order chi connectivity index (χ0) is 23.5. The van der Waals surface area contributed by atoms with E-state index in [9.17, 15) is 18.8 Å². The molecule has 1 fully saturated rings. The SMILES string of the molecule is Cn1c(=O)c(C#N)c(N2CCN(Cc3ccccc3CNS(=O)[O-])CC2)c2nc(Br)ccc21. The summed E-state index contributed by atoms with van der Waals surface area (Å²) in [6.07, 6.45) is 0. The number of hydrogen-bond donors (Lipinski definition) is 1. The minimum Gasteiger partial charge on any atom is -0.760 e. The summed E-state index contributed by atoms with van der Waals surface area (Å²) in [6, 6.07) is 13.5. The van der Waals surface area contributed by atoms with Crippen molar-refractivity contribution in [3.8, 4) is 6.07 Å². The molecule has 3 heterocycles. The van der Waals surface area contributed by atoms with Crippen molar-refractivity contribution in [3.63, 3.8) is 0 Å². The zero-order valence-corrected chi connectivity index (χ0v) is 20.4. The summed E-state index contributed by atoms with van der Waals surface area (Å²) in [4.78, 5) is 21.8. The highest BCUT2D eigenvalue weighted by molar-refractivity contribution is 9.10. The van der Waals surface area contributed by atoms with Gasteiger partial charge in [-0.15, -0.1) is 0 Å². The van der Waals surface area contributed by atoms with Crippen LogP contribution in [0.1, 0.15) is 16.7 Å². The molecule has 11 heteroatoms. The number of benzene rings is 1. The molecule has 172 valence electrons. The molecule has 0 bridgehead atoms. The Labute approximate surface area is 202 Å². The van der Waals surface area contributed by atoms with Gasteiger partial charge in [-0.3, -0.25) is 13.9 Å². The summed E-state index contributed by atoms with van der Waals surface area (Å²) >= 11 is 1.09. The second kappa shape index (κ2) is 10.1. The van der Waals surface area contributed by atoms with Crippen molar-refractivity contribution in [3.05, 3.63) is 68.0 Å². The number of nitrogens with one attached hydrogen (secondary N) is 1. The van der Waals surface area contributed by atoms with Crippen LogP contribution in [-0.2, 0) is 31.4 Å². The number of piperazine rings is 1. The molecule has 0 spiro atoms. The Morgan fingerprint density at radius 3 is 2.55 bits per heavy atom. The Balaban J connectivity index is 1.57. The smallest absolute Gasteiger partial charge is 0.270 e. The number of rotatable bonds is 6. The van der Waals surface area contributed by atoms with Gasteiger partial charge in [0.15, 0.2) is 0 Å². The van der Waals surface area contributed by atoms with Crippen LogP contribution in [-0.4, -0.2) is 49.4 Å². The molecule has 1 N–H and O–H groups in total. The molecular formula is C22H22BrN6O3S-. The third kappa shape index (κ3) is 5.00. The molecule has 1 aliphatic rings. The van der Waals surface area contributed by atoms with Gasteiger partial charge in [0.2, 0.25) is 0 Å². The molecule has 33 heavy (non-hydrogen) atoms. The van der Waals surface area contributed by atoms with Gasteiger partial charge >= 0.3 is 0 Å². The number of fused-ring (bicyclic) bond motifs is 1. The van der Waals surface area contributed by atoms with Crippen LogP contribution in [0.4, 0.5) is 5.69 Å². The predicted molar refractivity (Wildman–Crippen MR) is 129 cm³/mol. The van der Waals surface area contributed by atoms with Crippen LogP contribution in [0.15, 0.2) is 45.8 Å². The van der Waals surface area contributed by atoms with E-state index >= 15 is 0 Å². The standard InChI is InChI=1S/C22H23BrN6O3S/c1-27-18-6-7-19(23)26-20(18)21(17(12-24)22(27)30)29-10-8-28(9-11-29)14-16-5-3-2-4-15(16)13-25-33(31)32/h2-7,25H,8-11,13-14H2,1H3,(H,31,32)/p-1. The molecule has 1 atom stereocenters. The number of nitriles is 1. The Morgan fingerprint density at radius 2 is 1.88 bits per heavy atom. The molecule has 1 aliphatic heterocycles. The van der Waals surface area contributed by atoms with Gasteiger partial charge in [-0.2, -0.15) is 5.26 Å². The summed E-state index contributed by atoms with van der Waals surface area (Å²) in [7, 11) is 1.65. The first-order valence-corrected chi connectivity index (χ1v) is 12.2. The molecule has 9 nitrogen and oxygen atoms in total. The lowest BCUT2D eigenvalue weighted by Gasteiger charge is -2.37. The summed E-state index contributed by atoms with van der Waals surface area (Å²) in [5, 5.41) is 9.76. The van der Waals surface area contributed by atoms with E-state index in [0.29, 0.717) is 41.0 Å². The van der Waals surface area contributed by atoms with Gasteiger partial charge < -0.3 is 14.0 Å². The average Bonchev–Trinajstić information content (AvgIpc) is 2.81. The third-order valence-electron chi connectivity index (χ3n) is 5.87. The monoisotopic (exact) mass is 529 g/mol.